The fraction of sp³-hybridized carbons (Fsp3) is 0.238. The molecule has 1 N–H and O–H groups in total. The van der Waals surface area contributed by atoms with Crippen molar-refractivity contribution in [3.8, 4) is 23.0 Å². The van der Waals surface area contributed by atoms with Crippen molar-refractivity contribution in [2.45, 2.75) is 13.0 Å². The van der Waals surface area contributed by atoms with Crippen LogP contribution in [0.3, 0.4) is 0 Å². The number of benzene rings is 2. The van der Waals surface area contributed by atoms with Crippen LogP contribution in [0.1, 0.15) is 18.1 Å². The van der Waals surface area contributed by atoms with E-state index in [0.717, 1.165) is 5.56 Å². The van der Waals surface area contributed by atoms with Gasteiger partial charge in [0.15, 0.2) is 11.5 Å². The predicted octanol–water partition coefficient (Wildman–Crippen LogP) is 2.76. The highest BCUT2D eigenvalue weighted by Crippen LogP contribution is 2.38. The molecular weight excluding hydrogens is 406 g/mol. The summed E-state index contributed by atoms with van der Waals surface area (Å²) in [5.74, 6) is 1.14. The molecule has 2 aromatic rings. The summed E-state index contributed by atoms with van der Waals surface area (Å²) in [5.41, 5.74) is 5.04. The predicted molar refractivity (Wildman–Crippen MR) is 118 cm³/mol. The summed E-state index contributed by atoms with van der Waals surface area (Å²) >= 11 is 5.38. The molecule has 156 valence electrons. The third-order valence-electron chi connectivity index (χ3n) is 4.26. The number of nitrogens with one attached hydrogen (secondary N) is 1. The van der Waals surface area contributed by atoms with Gasteiger partial charge in [-0.3, -0.25) is 15.2 Å². The Morgan fingerprint density at radius 1 is 1.13 bits per heavy atom. The lowest BCUT2D eigenvalue weighted by molar-refractivity contribution is -0.132. The van der Waals surface area contributed by atoms with Crippen LogP contribution in [-0.4, -0.2) is 50.3 Å². The summed E-state index contributed by atoms with van der Waals surface area (Å²) in [5, 5.41) is 4.32. The third kappa shape index (κ3) is 4.57. The Bertz CT molecular complexity index is 1010. The van der Waals surface area contributed by atoms with E-state index in [1.807, 2.05) is 24.3 Å². The van der Waals surface area contributed by atoms with Crippen molar-refractivity contribution < 1.29 is 23.7 Å². The Kier molecular flexibility index (Phi) is 6.63. The fourth-order valence-electron chi connectivity index (χ4n) is 2.88. The van der Waals surface area contributed by atoms with Crippen molar-refractivity contribution in [1.82, 2.24) is 5.43 Å². The van der Waals surface area contributed by atoms with Gasteiger partial charge in [-0.15, -0.1) is 0 Å². The lowest BCUT2D eigenvalue weighted by atomic mass is 10.0. The van der Waals surface area contributed by atoms with E-state index in [1.54, 1.807) is 25.5 Å². The molecule has 8 nitrogen and oxygen atoms in total. The first-order chi connectivity index (χ1) is 14.5. The molecule has 0 spiro atoms. The first-order valence-electron chi connectivity index (χ1n) is 8.96. The molecule has 3 rings (SSSR count). The van der Waals surface area contributed by atoms with Gasteiger partial charge in [0.1, 0.15) is 16.8 Å². The number of ether oxygens (including phenoxy) is 4. The van der Waals surface area contributed by atoms with Crippen LogP contribution >= 0.6 is 12.2 Å². The van der Waals surface area contributed by atoms with Crippen molar-refractivity contribution in [2.75, 3.05) is 21.3 Å². The second-order valence-corrected chi connectivity index (χ2v) is 6.67. The minimum Gasteiger partial charge on any atom is -0.497 e. The van der Waals surface area contributed by atoms with Crippen molar-refractivity contribution in [3.05, 3.63) is 47.5 Å². The van der Waals surface area contributed by atoms with Crippen LogP contribution in [0.2, 0.25) is 0 Å². The maximum atomic E-state index is 11.4. The SMILES string of the molecule is COc1cccc(C2=NNC(=S)[C@@H]2N=Cc2cc(OC)c(OC(C)=O)c(OC)c2)c1. The number of esters is 1. The Balaban J connectivity index is 1.92. The van der Waals surface area contributed by atoms with Gasteiger partial charge in [-0.05, 0) is 29.8 Å². The summed E-state index contributed by atoms with van der Waals surface area (Å²) in [6.07, 6.45) is 1.64. The van der Waals surface area contributed by atoms with Crippen molar-refractivity contribution in [2.24, 2.45) is 10.1 Å². The first kappa shape index (κ1) is 21.3. The number of carbonyl (C=O) groups excluding carboxylic acids is 1. The van der Waals surface area contributed by atoms with E-state index in [0.29, 0.717) is 33.5 Å². The number of hydrogen-bond donors (Lipinski definition) is 1. The standard InChI is InChI=1S/C21H21N3O5S/c1-12(25)29-20-16(27-3)8-13(9-17(20)28-4)11-22-19-18(23-24-21(19)30)14-6-5-7-15(10-14)26-2/h5-11,19H,1-4H3,(H,24,30)/t19-/m1/s1. The molecule has 0 radical (unpaired) electrons. The van der Waals surface area contributed by atoms with Crippen LogP contribution in [0.25, 0.3) is 0 Å². The van der Waals surface area contributed by atoms with Gasteiger partial charge in [-0.1, -0.05) is 24.4 Å². The zero-order chi connectivity index (χ0) is 21.7. The number of aliphatic imine (C=N–C) groups is 1. The first-order valence-corrected chi connectivity index (χ1v) is 9.37. The van der Waals surface area contributed by atoms with Gasteiger partial charge in [0.2, 0.25) is 5.75 Å². The third-order valence-corrected chi connectivity index (χ3v) is 4.58. The highest BCUT2D eigenvalue weighted by Gasteiger charge is 2.27. The van der Waals surface area contributed by atoms with Crippen LogP contribution in [0, 0.1) is 0 Å². The van der Waals surface area contributed by atoms with E-state index in [4.69, 9.17) is 31.2 Å². The highest BCUT2D eigenvalue weighted by molar-refractivity contribution is 7.80. The number of rotatable bonds is 7. The van der Waals surface area contributed by atoms with E-state index in [1.165, 1.54) is 21.1 Å². The van der Waals surface area contributed by atoms with Crippen LogP contribution in [0.4, 0.5) is 0 Å². The molecule has 1 aliphatic rings. The normalized spacial score (nSPS) is 15.5. The molecule has 1 heterocycles. The zero-order valence-corrected chi connectivity index (χ0v) is 17.8. The molecule has 2 aromatic carbocycles. The van der Waals surface area contributed by atoms with Crippen LogP contribution < -0.4 is 24.4 Å². The lowest BCUT2D eigenvalue weighted by Gasteiger charge is -2.13. The molecule has 0 aliphatic carbocycles. The number of methoxy groups -OCH3 is 3. The van der Waals surface area contributed by atoms with Crippen LogP contribution in [0.15, 0.2) is 46.5 Å². The van der Waals surface area contributed by atoms with E-state index < -0.39 is 12.0 Å². The molecule has 9 heteroatoms. The fourth-order valence-corrected chi connectivity index (χ4v) is 3.10. The largest absolute Gasteiger partial charge is 0.497 e. The number of thiocarbonyl (C=S) groups is 1. The van der Waals surface area contributed by atoms with Gasteiger partial charge in [0, 0.05) is 18.7 Å². The Labute approximate surface area is 179 Å². The maximum absolute atomic E-state index is 11.4. The topological polar surface area (TPSA) is 90.7 Å². The quantitative estimate of drug-likeness (QED) is 0.314. The van der Waals surface area contributed by atoms with Gasteiger partial charge in [0.05, 0.1) is 27.0 Å². The molecule has 0 saturated heterocycles. The smallest absolute Gasteiger partial charge is 0.308 e. The van der Waals surface area contributed by atoms with E-state index in [-0.39, 0.29) is 5.75 Å². The second kappa shape index (κ2) is 9.36. The molecular formula is C21H21N3O5S. The molecule has 1 aliphatic heterocycles. The molecule has 0 fully saturated rings. The van der Waals surface area contributed by atoms with Crippen LogP contribution in [-0.2, 0) is 4.79 Å². The van der Waals surface area contributed by atoms with Crippen molar-refractivity contribution in [3.63, 3.8) is 0 Å². The minimum absolute atomic E-state index is 0.210. The van der Waals surface area contributed by atoms with Crippen molar-refractivity contribution in [1.29, 1.82) is 0 Å². The molecule has 0 unspecified atom stereocenters. The number of nitrogens with zero attached hydrogens (tertiary/aromatic N) is 2. The Hall–Kier alpha value is -3.46. The summed E-state index contributed by atoms with van der Waals surface area (Å²) in [7, 11) is 4.56. The monoisotopic (exact) mass is 427 g/mol. The number of hydrazone groups is 1. The van der Waals surface area contributed by atoms with E-state index >= 15 is 0 Å². The van der Waals surface area contributed by atoms with Crippen LogP contribution in [0.5, 0.6) is 23.0 Å². The van der Waals surface area contributed by atoms with Gasteiger partial charge in [-0.25, -0.2) is 0 Å². The molecule has 30 heavy (non-hydrogen) atoms. The number of hydrogen-bond acceptors (Lipinski definition) is 8. The molecule has 0 bridgehead atoms. The van der Waals surface area contributed by atoms with Crippen molar-refractivity contribution >= 4 is 35.1 Å². The average molecular weight is 427 g/mol. The highest BCUT2D eigenvalue weighted by atomic mass is 32.1. The summed E-state index contributed by atoms with van der Waals surface area (Å²) in [6.45, 7) is 1.31. The second-order valence-electron chi connectivity index (χ2n) is 6.23. The Morgan fingerprint density at radius 3 is 2.43 bits per heavy atom. The minimum atomic E-state index is -0.477. The van der Waals surface area contributed by atoms with Gasteiger partial charge >= 0.3 is 5.97 Å². The maximum Gasteiger partial charge on any atom is 0.308 e. The van der Waals surface area contributed by atoms with E-state index in [9.17, 15) is 4.79 Å². The van der Waals surface area contributed by atoms with Gasteiger partial charge < -0.3 is 18.9 Å². The Morgan fingerprint density at radius 2 is 1.83 bits per heavy atom. The van der Waals surface area contributed by atoms with Gasteiger partial charge in [0.25, 0.3) is 0 Å². The molecule has 0 saturated carbocycles. The number of carbonyl (C=O) groups is 1. The summed E-state index contributed by atoms with van der Waals surface area (Å²) in [6, 6.07) is 10.4. The average Bonchev–Trinajstić information content (AvgIpc) is 3.12. The summed E-state index contributed by atoms with van der Waals surface area (Å²) in [4.78, 5) is 16.5. The molecule has 1 atom stereocenters. The molecule has 0 aromatic heterocycles. The van der Waals surface area contributed by atoms with E-state index in [2.05, 4.69) is 15.5 Å². The lowest BCUT2D eigenvalue weighted by Crippen LogP contribution is -2.26. The zero-order valence-electron chi connectivity index (χ0n) is 17.0. The summed E-state index contributed by atoms with van der Waals surface area (Å²) < 4.78 is 21.2. The van der Waals surface area contributed by atoms with Gasteiger partial charge in [-0.2, -0.15) is 5.10 Å². The molecule has 0 amide bonds.